The number of nitrogens with zero attached hydrogens (tertiary/aromatic N) is 2. The molecule has 0 aliphatic rings. The van der Waals surface area contributed by atoms with Crippen molar-refractivity contribution in [1.29, 1.82) is 0 Å². The van der Waals surface area contributed by atoms with Crippen LogP contribution in [0, 0.1) is 0 Å². The Balaban J connectivity index is 3.25. The molecule has 0 radical (unpaired) electrons. The van der Waals surface area contributed by atoms with Crippen LogP contribution in [0.25, 0.3) is 0 Å². The van der Waals surface area contributed by atoms with E-state index in [0.717, 1.165) is 17.9 Å². The van der Waals surface area contributed by atoms with E-state index < -0.39 is 0 Å². The van der Waals surface area contributed by atoms with Gasteiger partial charge in [0.05, 0.1) is 5.69 Å². The lowest BCUT2D eigenvalue weighted by atomic mass is 9.92. The third-order valence-corrected chi connectivity index (χ3v) is 2.05. The molecular weight excluding hydrogens is 164 g/mol. The fraction of sp³-hybridized carbons (Fsp3) is 0.667. The minimum absolute atomic E-state index is 0.0430. The summed E-state index contributed by atoms with van der Waals surface area (Å²) < 4.78 is 1.47. The van der Waals surface area contributed by atoms with Crippen LogP contribution in [0.5, 0.6) is 0 Å². The molecule has 4 nitrogen and oxygen atoms in total. The second-order valence-electron chi connectivity index (χ2n) is 4.24. The lowest BCUT2D eigenvalue weighted by Gasteiger charge is -2.15. The number of aromatic nitrogens is 2. The predicted octanol–water partition coefficient (Wildman–Crippen LogP) is 1.04. The summed E-state index contributed by atoms with van der Waals surface area (Å²) in [5.74, 6) is 7.15. The van der Waals surface area contributed by atoms with Crippen LogP contribution in [0.15, 0.2) is 0 Å². The monoisotopic (exact) mass is 182 g/mol. The average molecular weight is 182 g/mol. The van der Waals surface area contributed by atoms with Gasteiger partial charge in [0.2, 0.25) is 0 Å². The summed E-state index contributed by atoms with van der Waals surface area (Å²) in [5, 5.41) is 0. The van der Waals surface area contributed by atoms with E-state index in [-0.39, 0.29) is 5.41 Å². The molecule has 74 valence electrons. The molecule has 1 aromatic heterocycles. The van der Waals surface area contributed by atoms with E-state index in [4.69, 9.17) is 11.6 Å². The highest BCUT2D eigenvalue weighted by Gasteiger charge is 2.23. The summed E-state index contributed by atoms with van der Waals surface area (Å²) in [5.41, 5.74) is 6.68. The van der Waals surface area contributed by atoms with Gasteiger partial charge in [-0.3, -0.25) is 0 Å². The van der Waals surface area contributed by atoms with Crippen molar-refractivity contribution in [3.8, 4) is 0 Å². The first-order chi connectivity index (χ1) is 5.88. The summed E-state index contributed by atoms with van der Waals surface area (Å²) in [6.45, 7) is 8.24. The van der Waals surface area contributed by atoms with Gasteiger partial charge in [0.1, 0.15) is 11.6 Å². The van der Waals surface area contributed by atoms with E-state index in [1.54, 1.807) is 0 Å². The first kappa shape index (κ1) is 9.89. The zero-order chi connectivity index (χ0) is 10.2. The number of imidazole rings is 1. The second kappa shape index (κ2) is 2.94. The van der Waals surface area contributed by atoms with Crippen molar-refractivity contribution in [2.45, 2.75) is 39.5 Å². The number of rotatable bonds is 1. The van der Waals surface area contributed by atoms with Gasteiger partial charge >= 0.3 is 0 Å². The van der Waals surface area contributed by atoms with Gasteiger partial charge in [-0.1, -0.05) is 27.7 Å². The van der Waals surface area contributed by atoms with Crippen LogP contribution >= 0.6 is 0 Å². The summed E-state index contributed by atoms with van der Waals surface area (Å²) in [6, 6.07) is 0. The van der Waals surface area contributed by atoms with Crippen LogP contribution in [-0.4, -0.2) is 9.66 Å². The van der Waals surface area contributed by atoms with E-state index in [1.165, 1.54) is 4.68 Å². The number of aryl methyl sites for hydroxylation is 1. The molecule has 0 amide bonds. The molecule has 4 heteroatoms. The Labute approximate surface area is 78.9 Å². The largest absolute Gasteiger partial charge is 0.382 e. The zero-order valence-corrected chi connectivity index (χ0v) is 8.76. The third kappa shape index (κ3) is 1.61. The van der Waals surface area contributed by atoms with Crippen molar-refractivity contribution in [3.05, 3.63) is 11.5 Å². The van der Waals surface area contributed by atoms with Crippen LogP contribution in [0.4, 0.5) is 5.82 Å². The molecule has 4 N–H and O–H groups in total. The van der Waals surface area contributed by atoms with Gasteiger partial charge in [0.15, 0.2) is 0 Å². The van der Waals surface area contributed by atoms with Gasteiger partial charge in [0.25, 0.3) is 0 Å². The van der Waals surface area contributed by atoms with Crippen molar-refractivity contribution < 1.29 is 0 Å². The van der Waals surface area contributed by atoms with E-state index in [0.29, 0.717) is 5.82 Å². The number of nitrogens with two attached hydrogens (primary N) is 2. The highest BCUT2D eigenvalue weighted by atomic mass is 15.4. The fourth-order valence-corrected chi connectivity index (χ4v) is 1.29. The number of anilines is 1. The van der Waals surface area contributed by atoms with Gasteiger partial charge in [-0.2, -0.15) is 0 Å². The Morgan fingerprint density at radius 2 is 1.92 bits per heavy atom. The highest BCUT2D eigenvalue weighted by Crippen LogP contribution is 2.26. The van der Waals surface area contributed by atoms with Crippen molar-refractivity contribution in [2.24, 2.45) is 0 Å². The highest BCUT2D eigenvalue weighted by molar-refractivity contribution is 5.42. The molecule has 0 aliphatic carbocycles. The molecule has 13 heavy (non-hydrogen) atoms. The Morgan fingerprint density at radius 1 is 1.38 bits per heavy atom. The Hall–Kier alpha value is -1.19. The minimum atomic E-state index is -0.0430. The first-order valence-corrected chi connectivity index (χ1v) is 4.50. The van der Waals surface area contributed by atoms with Crippen LogP contribution in [0.1, 0.15) is 39.2 Å². The topological polar surface area (TPSA) is 69.9 Å². The molecule has 1 heterocycles. The quantitative estimate of drug-likeness (QED) is 0.637. The number of hydrogen-bond donors (Lipinski definition) is 2. The Bertz CT molecular complexity index is 306. The van der Waals surface area contributed by atoms with Crippen molar-refractivity contribution in [1.82, 2.24) is 9.66 Å². The van der Waals surface area contributed by atoms with Crippen molar-refractivity contribution in [2.75, 3.05) is 11.6 Å². The zero-order valence-electron chi connectivity index (χ0n) is 8.76. The normalized spacial score (nSPS) is 12.0. The average Bonchev–Trinajstić information content (AvgIpc) is 2.28. The molecule has 0 fully saturated rings. The summed E-state index contributed by atoms with van der Waals surface area (Å²) in [4.78, 5) is 4.41. The smallest absolute Gasteiger partial charge is 0.146 e. The maximum Gasteiger partial charge on any atom is 0.146 e. The SMILES string of the molecule is CCc1nc(C(C)(C)C)c(N)n1N. The summed E-state index contributed by atoms with van der Waals surface area (Å²) in [7, 11) is 0. The lowest BCUT2D eigenvalue weighted by molar-refractivity contribution is 0.573. The lowest BCUT2D eigenvalue weighted by Crippen LogP contribution is -2.18. The molecule has 1 rings (SSSR count). The number of nitrogen functional groups attached to an aromatic ring is 2. The standard InChI is InChI=1S/C9H18N4/c1-5-6-12-7(9(2,3)4)8(10)13(6)11/h5,10-11H2,1-4H3. The van der Waals surface area contributed by atoms with E-state index in [9.17, 15) is 0 Å². The Morgan fingerprint density at radius 3 is 2.15 bits per heavy atom. The fourth-order valence-electron chi connectivity index (χ4n) is 1.29. The predicted molar refractivity (Wildman–Crippen MR) is 54.9 cm³/mol. The molecule has 0 saturated heterocycles. The van der Waals surface area contributed by atoms with Gasteiger partial charge in [-0.15, -0.1) is 0 Å². The summed E-state index contributed by atoms with van der Waals surface area (Å²) in [6.07, 6.45) is 0.802. The molecule has 0 saturated carbocycles. The van der Waals surface area contributed by atoms with E-state index in [2.05, 4.69) is 25.8 Å². The molecular formula is C9H18N4. The van der Waals surface area contributed by atoms with Gasteiger partial charge in [-0.25, -0.2) is 9.66 Å². The molecule has 0 unspecified atom stereocenters. The molecule has 1 aromatic rings. The second-order valence-corrected chi connectivity index (χ2v) is 4.24. The number of hydrogen-bond acceptors (Lipinski definition) is 3. The van der Waals surface area contributed by atoms with Gasteiger partial charge in [-0.05, 0) is 0 Å². The van der Waals surface area contributed by atoms with E-state index in [1.807, 2.05) is 6.92 Å². The molecule has 0 aliphatic heterocycles. The maximum absolute atomic E-state index is 5.84. The minimum Gasteiger partial charge on any atom is -0.382 e. The van der Waals surface area contributed by atoms with Crippen LogP contribution in [0.2, 0.25) is 0 Å². The van der Waals surface area contributed by atoms with E-state index >= 15 is 0 Å². The van der Waals surface area contributed by atoms with Crippen LogP contribution in [-0.2, 0) is 11.8 Å². The maximum atomic E-state index is 5.84. The Kier molecular flexibility index (Phi) is 2.24. The molecule has 0 spiro atoms. The molecule has 0 atom stereocenters. The van der Waals surface area contributed by atoms with Crippen molar-refractivity contribution >= 4 is 5.82 Å². The van der Waals surface area contributed by atoms with Gasteiger partial charge < -0.3 is 11.6 Å². The van der Waals surface area contributed by atoms with Crippen molar-refractivity contribution in [3.63, 3.8) is 0 Å². The third-order valence-electron chi connectivity index (χ3n) is 2.05. The van der Waals surface area contributed by atoms with Crippen LogP contribution in [0.3, 0.4) is 0 Å². The first-order valence-electron chi connectivity index (χ1n) is 4.50. The van der Waals surface area contributed by atoms with Gasteiger partial charge in [0, 0.05) is 11.8 Å². The molecule has 0 aromatic carbocycles. The molecule has 0 bridgehead atoms. The van der Waals surface area contributed by atoms with Crippen LogP contribution < -0.4 is 11.6 Å². The summed E-state index contributed by atoms with van der Waals surface area (Å²) >= 11 is 0.